The first-order valence-corrected chi connectivity index (χ1v) is 15.3. The van der Waals surface area contributed by atoms with Crippen LogP contribution in [0, 0.1) is 6.92 Å². The van der Waals surface area contributed by atoms with Gasteiger partial charge in [0.05, 0.1) is 16.7 Å². The molecule has 8 rings (SSSR count). The minimum absolute atomic E-state index is 1.12. The Morgan fingerprint density at radius 2 is 1.13 bits per heavy atom. The molecule has 0 fully saturated rings. The maximum Gasteiger partial charge on any atom is 0.0562 e. The lowest BCUT2D eigenvalue weighted by Gasteiger charge is -2.27. The van der Waals surface area contributed by atoms with E-state index in [4.69, 9.17) is 0 Å². The number of hydrogen-bond donors (Lipinski definition) is 0. The van der Waals surface area contributed by atoms with Crippen molar-refractivity contribution >= 4 is 38.9 Å². The van der Waals surface area contributed by atoms with Crippen LogP contribution in [0.15, 0.2) is 170 Å². The van der Waals surface area contributed by atoms with Crippen LogP contribution in [0.2, 0.25) is 0 Å². The van der Waals surface area contributed by atoms with Crippen molar-refractivity contribution < 1.29 is 0 Å². The normalized spacial score (nSPS) is 11.2. The molecular formula is C42H31N3. The van der Waals surface area contributed by atoms with E-state index in [9.17, 15) is 0 Å². The molecule has 0 N–H and O–H groups in total. The first kappa shape index (κ1) is 26.7. The highest BCUT2D eigenvalue weighted by atomic mass is 15.1. The molecule has 8 aromatic rings. The first-order valence-electron chi connectivity index (χ1n) is 15.3. The zero-order valence-electron chi connectivity index (χ0n) is 25.0. The van der Waals surface area contributed by atoms with Crippen LogP contribution in [0.25, 0.3) is 49.7 Å². The van der Waals surface area contributed by atoms with Crippen LogP contribution in [0.1, 0.15) is 5.56 Å². The summed E-state index contributed by atoms with van der Waals surface area (Å²) >= 11 is 0. The first-order chi connectivity index (χ1) is 22.2. The monoisotopic (exact) mass is 577 g/mol. The standard InChI is InChI=1S/C42H31N3/c1-30-17-21-35(22-18-30)44(37-12-7-11-34(29-37)31-9-3-2-4-10-31)40-15-8-16-41-42(40)38-13-5-6-14-39(38)45(41)36-23-19-32(20-24-36)33-25-27-43-28-26-33/h2-29H,1H3. The Balaban J connectivity index is 1.35. The van der Waals surface area contributed by atoms with Gasteiger partial charge in [-0.05, 0) is 95.9 Å². The van der Waals surface area contributed by atoms with Gasteiger partial charge in [0.2, 0.25) is 0 Å². The summed E-state index contributed by atoms with van der Waals surface area (Å²) in [5.74, 6) is 0. The van der Waals surface area contributed by atoms with E-state index >= 15 is 0 Å². The van der Waals surface area contributed by atoms with Crippen LogP contribution >= 0.6 is 0 Å². The van der Waals surface area contributed by atoms with Gasteiger partial charge in [-0.1, -0.05) is 96.6 Å². The summed E-state index contributed by atoms with van der Waals surface area (Å²) < 4.78 is 2.39. The van der Waals surface area contributed by atoms with E-state index in [2.05, 4.69) is 167 Å². The van der Waals surface area contributed by atoms with Gasteiger partial charge in [-0.25, -0.2) is 0 Å². The van der Waals surface area contributed by atoms with Gasteiger partial charge in [0.25, 0.3) is 0 Å². The number of anilines is 3. The number of pyridine rings is 1. The molecule has 2 heterocycles. The average molecular weight is 578 g/mol. The molecule has 0 unspecified atom stereocenters. The smallest absolute Gasteiger partial charge is 0.0562 e. The Bertz CT molecular complexity index is 2250. The van der Waals surface area contributed by atoms with E-state index in [1.165, 1.54) is 44.1 Å². The lowest BCUT2D eigenvalue weighted by molar-refractivity contribution is 1.18. The number of aryl methyl sites for hydroxylation is 1. The summed E-state index contributed by atoms with van der Waals surface area (Å²) in [6.45, 7) is 2.14. The summed E-state index contributed by atoms with van der Waals surface area (Å²) in [5, 5.41) is 2.44. The summed E-state index contributed by atoms with van der Waals surface area (Å²) in [6.07, 6.45) is 3.68. The summed E-state index contributed by atoms with van der Waals surface area (Å²) in [7, 11) is 0. The number of para-hydroxylation sites is 1. The molecule has 45 heavy (non-hydrogen) atoms. The minimum atomic E-state index is 1.12. The molecule has 0 aliphatic rings. The highest BCUT2D eigenvalue weighted by Crippen LogP contribution is 2.44. The van der Waals surface area contributed by atoms with Gasteiger partial charge in [0.15, 0.2) is 0 Å². The number of rotatable bonds is 6. The summed E-state index contributed by atoms with van der Waals surface area (Å²) in [6, 6.07) is 56.6. The van der Waals surface area contributed by atoms with Gasteiger partial charge in [-0.2, -0.15) is 0 Å². The van der Waals surface area contributed by atoms with E-state index in [-0.39, 0.29) is 0 Å². The van der Waals surface area contributed by atoms with Gasteiger partial charge < -0.3 is 9.47 Å². The van der Waals surface area contributed by atoms with Crippen molar-refractivity contribution in [3.63, 3.8) is 0 Å². The van der Waals surface area contributed by atoms with E-state index in [1.54, 1.807) is 0 Å². The third-order valence-electron chi connectivity index (χ3n) is 8.56. The van der Waals surface area contributed by atoms with E-state index in [1.807, 2.05) is 24.5 Å². The van der Waals surface area contributed by atoms with Crippen molar-refractivity contribution in [2.24, 2.45) is 0 Å². The molecular weight excluding hydrogens is 546 g/mol. The van der Waals surface area contributed by atoms with E-state index < -0.39 is 0 Å². The fourth-order valence-electron chi connectivity index (χ4n) is 6.39. The van der Waals surface area contributed by atoms with Crippen LogP contribution in [0.4, 0.5) is 17.1 Å². The Hall–Kier alpha value is -5.93. The molecule has 0 bridgehead atoms. The van der Waals surface area contributed by atoms with Crippen LogP contribution in [0.5, 0.6) is 0 Å². The van der Waals surface area contributed by atoms with Crippen molar-refractivity contribution in [3.05, 3.63) is 176 Å². The van der Waals surface area contributed by atoms with Crippen LogP contribution < -0.4 is 4.90 Å². The molecule has 0 atom stereocenters. The summed E-state index contributed by atoms with van der Waals surface area (Å²) in [5.41, 5.74) is 12.8. The fourth-order valence-corrected chi connectivity index (χ4v) is 6.39. The number of benzene rings is 6. The molecule has 214 valence electrons. The number of fused-ring (bicyclic) bond motifs is 3. The van der Waals surface area contributed by atoms with Crippen LogP contribution in [-0.2, 0) is 0 Å². The number of aromatic nitrogens is 2. The molecule has 0 saturated heterocycles. The SMILES string of the molecule is Cc1ccc(N(c2cccc(-c3ccccc3)c2)c2cccc3c2c2ccccc2n3-c2ccc(-c3ccncc3)cc2)cc1. The predicted molar refractivity (Wildman–Crippen MR) is 189 cm³/mol. The Morgan fingerprint density at radius 3 is 1.93 bits per heavy atom. The highest BCUT2D eigenvalue weighted by molar-refractivity contribution is 6.16. The zero-order valence-corrected chi connectivity index (χ0v) is 25.0. The summed E-state index contributed by atoms with van der Waals surface area (Å²) in [4.78, 5) is 6.58. The fraction of sp³-hybridized carbons (Fsp3) is 0.0238. The second-order valence-corrected chi connectivity index (χ2v) is 11.4. The predicted octanol–water partition coefficient (Wildman–Crippen LogP) is 11.3. The van der Waals surface area contributed by atoms with Gasteiger partial charge in [-0.3, -0.25) is 4.98 Å². The van der Waals surface area contributed by atoms with Crippen molar-refractivity contribution in [3.8, 4) is 27.9 Å². The molecule has 0 radical (unpaired) electrons. The maximum absolute atomic E-state index is 4.18. The lowest BCUT2D eigenvalue weighted by atomic mass is 10.0. The third-order valence-corrected chi connectivity index (χ3v) is 8.56. The third kappa shape index (κ3) is 4.85. The molecule has 6 aromatic carbocycles. The molecule has 3 heteroatoms. The molecule has 0 aliphatic heterocycles. The maximum atomic E-state index is 4.18. The molecule has 0 saturated carbocycles. The van der Waals surface area contributed by atoms with E-state index in [0.29, 0.717) is 0 Å². The van der Waals surface area contributed by atoms with Gasteiger partial charge in [-0.15, -0.1) is 0 Å². The average Bonchev–Trinajstić information content (AvgIpc) is 3.45. The van der Waals surface area contributed by atoms with Crippen molar-refractivity contribution in [2.45, 2.75) is 6.92 Å². The quantitative estimate of drug-likeness (QED) is 0.196. The number of hydrogen-bond acceptors (Lipinski definition) is 2. The van der Waals surface area contributed by atoms with Crippen molar-refractivity contribution in [2.75, 3.05) is 4.90 Å². The molecule has 2 aromatic heterocycles. The van der Waals surface area contributed by atoms with E-state index in [0.717, 1.165) is 28.3 Å². The Morgan fingerprint density at radius 1 is 0.489 bits per heavy atom. The Labute approximate surface area is 263 Å². The topological polar surface area (TPSA) is 21.1 Å². The van der Waals surface area contributed by atoms with Crippen LogP contribution in [-0.4, -0.2) is 9.55 Å². The highest BCUT2D eigenvalue weighted by Gasteiger charge is 2.21. The molecule has 0 spiro atoms. The molecule has 3 nitrogen and oxygen atoms in total. The largest absolute Gasteiger partial charge is 0.310 e. The van der Waals surface area contributed by atoms with Gasteiger partial charge >= 0.3 is 0 Å². The van der Waals surface area contributed by atoms with Gasteiger partial charge in [0, 0.05) is 40.2 Å². The zero-order chi connectivity index (χ0) is 30.2. The lowest BCUT2D eigenvalue weighted by Crippen LogP contribution is -2.10. The van der Waals surface area contributed by atoms with Gasteiger partial charge in [0.1, 0.15) is 0 Å². The molecule has 0 aliphatic carbocycles. The van der Waals surface area contributed by atoms with Crippen molar-refractivity contribution in [1.29, 1.82) is 0 Å². The minimum Gasteiger partial charge on any atom is -0.310 e. The number of nitrogens with zero attached hydrogens (tertiary/aromatic N) is 3. The van der Waals surface area contributed by atoms with Crippen molar-refractivity contribution in [1.82, 2.24) is 9.55 Å². The second-order valence-electron chi connectivity index (χ2n) is 11.4. The van der Waals surface area contributed by atoms with Crippen LogP contribution in [0.3, 0.4) is 0 Å². The molecule has 0 amide bonds. The second kappa shape index (κ2) is 11.3. The Kier molecular flexibility index (Phi) is 6.69.